The third kappa shape index (κ3) is 2.05. The van der Waals surface area contributed by atoms with Crippen molar-refractivity contribution in [3.63, 3.8) is 0 Å². The molecule has 0 unspecified atom stereocenters. The molecular weight excluding hydrogens is 172 g/mol. The molecule has 2 aromatic rings. The molecule has 0 aromatic heterocycles. The van der Waals surface area contributed by atoms with Gasteiger partial charge in [-0.05, 0) is 36.8 Å². The second-order valence-corrected chi connectivity index (χ2v) is 3.09. The van der Waals surface area contributed by atoms with Crippen LogP contribution in [0, 0.1) is 19.1 Å². The predicted molar refractivity (Wildman–Crippen MR) is 55.4 cm³/mol. The number of rotatable bonds is 2. The van der Waals surface area contributed by atoms with Gasteiger partial charge in [-0.25, -0.2) is 0 Å². The van der Waals surface area contributed by atoms with Crippen molar-refractivity contribution in [2.45, 2.75) is 6.92 Å². The smallest absolute Gasteiger partial charge is 0.136 e. The number of ether oxygens (including phenoxy) is 1. The molecule has 0 atom stereocenters. The minimum Gasteiger partial charge on any atom is -0.457 e. The van der Waals surface area contributed by atoms with Gasteiger partial charge in [0.2, 0.25) is 0 Å². The summed E-state index contributed by atoms with van der Waals surface area (Å²) in [5.74, 6) is 1.64. The van der Waals surface area contributed by atoms with Crippen LogP contribution in [0.3, 0.4) is 0 Å². The highest BCUT2D eigenvalue weighted by Crippen LogP contribution is 2.20. The second kappa shape index (κ2) is 3.85. The Kier molecular flexibility index (Phi) is 2.38. The van der Waals surface area contributed by atoms with E-state index in [0.717, 1.165) is 11.5 Å². The zero-order valence-electron chi connectivity index (χ0n) is 7.95. The van der Waals surface area contributed by atoms with Gasteiger partial charge in [0.05, 0.1) is 0 Å². The summed E-state index contributed by atoms with van der Waals surface area (Å²) in [5, 5.41) is 0. The lowest BCUT2D eigenvalue weighted by Gasteiger charge is -2.04. The molecule has 0 radical (unpaired) electrons. The Morgan fingerprint density at radius 3 is 2.71 bits per heavy atom. The Hall–Kier alpha value is -1.94. The maximum Gasteiger partial charge on any atom is 0.136 e. The summed E-state index contributed by atoms with van der Waals surface area (Å²) in [6.07, 6.45) is 0. The maximum absolute atomic E-state index is 5.61. The molecule has 0 aliphatic rings. The van der Waals surface area contributed by atoms with Crippen LogP contribution in [0.5, 0.6) is 11.5 Å². The van der Waals surface area contributed by atoms with Crippen LogP contribution in [0.25, 0.3) is 0 Å². The standard InChI is InChI=1S/C13H10O/c1-11-6-5-9-13(10-11)14-12-7-3-2-4-8-12/h3,5-10H,1H3. The van der Waals surface area contributed by atoms with E-state index in [0.29, 0.717) is 0 Å². The molecular formula is C13H10O. The molecule has 1 nitrogen and oxygen atoms in total. The molecule has 0 saturated heterocycles. The average Bonchev–Trinajstić information content (AvgIpc) is 2.19. The molecule has 2 aromatic carbocycles. The molecule has 0 bridgehead atoms. The van der Waals surface area contributed by atoms with Gasteiger partial charge >= 0.3 is 0 Å². The number of hydrogen-bond donors (Lipinski definition) is 0. The average molecular weight is 182 g/mol. The number of benzene rings is 1. The maximum atomic E-state index is 5.61. The summed E-state index contributed by atoms with van der Waals surface area (Å²) in [4.78, 5) is 0. The van der Waals surface area contributed by atoms with E-state index >= 15 is 0 Å². The van der Waals surface area contributed by atoms with Gasteiger partial charge in [-0.3, -0.25) is 0 Å². The van der Waals surface area contributed by atoms with Gasteiger partial charge in [-0.15, -0.1) is 0 Å². The van der Waals surface area contributed by atoms with E-state index in [-0.39, 0.29) is 0 Å². The molecule has 0 fully saturated rings. The fourth-order valence-electron chi connectivity index (χ4n) is 1.21. The molecule has 14 heavy (non-hydrogen) atoms. The minimum atomic E-state index is 0.786. The Morgan fingerprint density at radius 2 is 2.00 bits per heavy atom. The van der Waals surface area contributed by atoms with Gasteiger partial charge in [0.1, 0.15) is 11.5 Å². The van der Waals surface area contributed by atoms with Gasteiger partial charge in [0.25, 0.3) is 0 Å². The van der Waals surface area contributed by atoms with Crippen molar-refractivity contribution < 1.29 is 4.74 Å². The third-order valence-corrected chi connectivity index (χ3v) is 1.85. The van der Waals surface area contributed by atoms with Crippen LogP contribution in [-0.4, -0.2) is 0 Å². The van der Waals surface area contributed by atoms with E-state index in [1.54, 1.807) is 12.1 Å². The molecule has 0 aliphatic carbocycles. The van der Waals surface area contributed by atoms with Crippen LogP contribution in [0.2, 0.25) is 0 Å². The molecule has 0 heterocycles. The van der Waals surface area contributed by atoms with Crippen molar-refractivity contribution >= 4 is 0 Å². The number of aryl methyl sites for hydroxylation is 1. The molecule has 0 spiro atoms. The topological polar surface area (TPSA) is 9.23 Å². The van der Waals surface area contributed by atoms with Crippen molar-refractivity contribution in [1.82, 2.24) is 0 Å². The summed E-state index contributed by atoms with van der Waals surface area (Å²) in [6.45, 7) is 2.04. The van der Waals surface area contributed by atoms with E-state index in [4.69, 9.17) is 4.74 Å². The normalized spacial score (nSPS) is 9.21. The fraction of sp³-hybridized carbons (Fsp3) is 0.0769. The van der Waals surface area contributed by atoms with Gasteiger partial charge in [0, 0.05) is 6.07 Å². The molecule has 1 heteroatoms. The van der Waals surface area contributed by atoms with Crippen LogP contribution in [0.15, 0.2) is 42.5 Å². The highest BCUT2D eigenvalue weighted by atomic mass is 16.5. The summed E-state index contributed by atoms with van der Waals surface area (Å²) in [6, 6.07) is 19.0. The first-order chi connectivity index (χ1) is 6.84. The predicted octanol–water partition coefficient (Wildman–Crippen LogP) is 3.39. The second-order valence-electron chi connectivity index (χ2n) is 3.09. The van der Waals surface area contributed by atoms with E-state index in [9.17, 15) is 0 Å². The van der Waals surface area contributed by atoms with Crippen molar-refractivity contribution in [3.8, 4) is 11.5 Å². The summed E-state index contributed by atoms with van der Waals surface area (Å²) >= 11 is 0. The molecule has 0 aliphatic heterocycles. The first-order valence-corrected chi connectivity index (χ1v) is 4.47. The van der Waals surface area contributed by atoms with E-state index in [2.05, 4.69) is 12.1 Å². The fourth-order valence-corrected chi connectivity index (χ4v) is 1.21. The Bertz CT molecular complexity index is 407. The lowest BCUT2D eigenvalue weighted by Crippen LogP contribution is -1.83. The Labute approximate surface area is 84.0 Å². The molecule has 68 valence electrons. The van der Waals surface area contributed by atoms with Crippen LogP contribution >= 0.6 is 0 Å². The van der Waals surface area contributed by atoms with Crippen LogP contribution in [0.4, 0.5) is 0 Å². The lowest BCUT2D eigenvalue weighted by atomic mass is 10.2. The Morgan fingerprint density at radius 1 is 1.07 bits per heavy atom. The van der Waals surface area contributed by atoms with Crippen molar-refractivity contribution in [2.75, 3.05) is 0 Å². The highest BCUT2D eigenvalue weighted by molar-refractivity contribution is 5.32. The molecule has 2 rings (SSSR count). The van der Waals surface area contributed by atoms with Crippen molar-refractivity contribution in [3.05, 3.63) is 60.2 Å². The van der Waals surface area contributed by atoms with Crippen molar-refractivity contribution in [2.24, 2.45) is 0 Å². The molecule has 0 saturated carbocycles. The Balaban J connectivity index is 2.19. The summed E-state index contributed by atoms with van der Waals surface area (Å²) < 4.78 is 5.61. The largest absolute Gasteiger partial charge is 0.457 e. The molecule has 0 N–H and O–H groups in total. The van der Waals surface area contributed by atoms with Gasteiger partial charge < -0.3 is 4.74 Å². The highest BCUT2D eigenvalue weighted by Gasteiger charge is 1.94. The monoisotopic (exact) mass is 182 g/mol. The van der Waals surface area contributed by atoms with Gasteiger partial charge in [-0.2, -0.15) is 0 Å². The van der Waals surface area contributed by atoms with E-state index in [1.807, 2.05) is 37.3 Å². The van der Waals surface area contributed by atoms with Gasteiger partial charge in [0.15, 0.2) is 0 Å². The van der Waals surface area contributed by atoms with Crippen LogP contribution in [-0.2, 0) is 0 Å². The van der Waals surface area contributed by atoms with Gasteiger partial charge in [-0.1, -0.05) is 24.3 Å². The first-order valence-electron chi connectivity index (χ1n) is 4.47. The molecule has 0 amide bonds. The zero-order valence-corrected chi connectivity index (χ0v) is 7.95. The van der Waals surface area contributed by atoms with Crippen LogP contribution < -0.4 is 4.74 Å². The SMILES string of the molecule is Cc1cccc(Oc2cc#ccc2)c1. The van der Waals surface area contributed by atoms with Crippen molar-refractivity contribution in [1.29, 1.82) is 0 Å². The van der Waals surface area contributed by atoms with E-state index < -0.39 is 0 Å². The zero-order chi connectivity index (χ0) is 9.80. The first kappa shape index (κ1) is 8.65. The summed E-state index contributed by atoms with van der Waals surface area (Å²) in [5.41, 5.74) is 1.19. The van der Waals surface area contributed by atoms with E-state index in [1.165, 1.54) is 5.56 Å². The lowest BCUT2D eigenvalue weighted by molar-refractivity contribution is 0.482. The quantitative estimate of drug-likeness (QED) is 0.691. The summed E-state index contributed by atoms with van der Waals surface area (Å²) in [7, 11) is 0. The third-order valence-electron chi connectivity index (χ3n) is 1.85. The number of hydrogen-bond acceptors (Lipinski definition) is 1. The van der Waals surface area contributed by atoms with Crippen LogP contribution in [0.1, 0.15) is 5.56 Å². The minimum absolute atomic E-state index is 0.786.